The number of hydrogen-bond donors (Lipinski definition) is 2. The van der Waals surface area contributed by atoms with Crippen LogP contribution in [0.25, 0.3) is 0 Å². The van der Waals surface area contributed by atoms with Crippen LogP contribution in [-0.2, 0) is 0 Å². The van der Waals surface area contributed by atoms with Gasteiger partial charge in [-0.15, -0.1) is 22.8 Å². The highest BCUT2D eigenvalue weighted by atomic mass is 32.1. The van der Waals surface area contributed by atoms with Gasteiger partial charge < -0.3 is 5.84 Å². The average Bonchev–Trinajstić information content (AvgIpc) is 2.27. The Morgan fingerprint density at radius 2 is 1.93 bits per heavy atom. The zero-order valence-corrected chi connectivity index (χ0v) is 9.28. The molecule has 0 unspecified atom stereocenters. The van der Waals surface area contributed by atoms with E-state index < -0.39 is 0 Å². The molecule has 0 spiro atoms. The molecule has 0 saturated heterocycles. The first-order chi connectivity index (χ1) is 7.20. The summed E-state index contributed by atoms with van der Waals surface area (Å²) in [6.45, 7) is 0. The highest BCUT2D eigenvalue weighted by Gasteiger charge is 2.21. The first-order valence-corrected chi connectivity index (χ1v) is 5.58. The van der Waals surface area contributed by atoms with Crippen LogP contribution in [0.4, 0.5) is 0 Å². The Morgan fingerprint density at radius 3 is 2.60 bits per heavy atom. The van der Waals surface area contributed by atoms with Crippen LogP contribution in [0.2, 0.25) is 0 Å². The Labute approximate surface area is 93.1 Å². The summed E-state index contributed by atoms with van der Waals surface area (Å²) in [5.74, 6) is 5.74. The number of nitrogens with zero attached hydrogens (tertiary/aromatic N) is 3. The van der Waals surface area contributed by atoms with Crippen molar-refractivity contribution < 1.29 is 0 Å². The molecule has 0 aromatic carbocycles. The molecule has 82 valence electrons. The summed E-state index contributed by atoms with van der Waals surface area (Å²) < 4.78 is 0.958. The lowest BCUT2D eigenvalue weighted by Crippen LogP contribution is -2.34. The maximum Gasteiger partial charge on any atom is 0.294 e. The van der Waals surface area contributed by atoms with E-state index in [1.807, 2.05) is 0 Å². The van der Waals surface area contributed by atoms with Crippen LogP contribution in [-0.4, -0.2) is 14.9 Å². The second kappa shape index (κ2) is 4.22. The fourth-order valence-corrected chi connectivity index (χ4v) is 2.17. The fourth-order valence-electron chi connectivity index (χ4n) is 2.04. The van der Waals surface area contributed by atoms with Crippen molar-refractivity contribution in [3.63, 3.8) is 0 Å². The van der Waals surface area contributed by atoms with E-state index in [9.17, 15) is 4.79 Å². The summed E-state index contributed by atoms with van der Waals surface area (Å²) in [5.41, 5.74) is 0.233. The van der Waals surface area contributed by atoms with Crippen LogP contribution in [0.3, 0.4) is 0 Å². The number of hydrogen-bond acceptors (Lipinski definition) is 5. The molecule has 15 heavy (non-hydrogen) atoms. The number of rotatable bonds is 1. The largest absolute Gasteiger partial charge is 0.334 e. The molecule has 1 aliphatic carbocycles. The van der Waals surface area contributed by atoms with Crippen molar-refractivity contribution in [3.8, 4) is 0 Å². The molecule has 1 aromatic heterocycles. The molecule has 1 saturated carbocycles. The summed E-state index contributed by atoms with van der Waals surface area (Å²) in [6, 6.07) is 0. The molecule has 6 heteroatoms. The van der Waals surface area contributed by atoms with E-state index in [1.54, 1.807) is 0 Å². The van der Waals surface area contributed by atoms with Gasteiger partial charge in [-0.05, 0) is 12.8 Å². The van der Waals surface area contributed by atoms with E-state index in [-0.39, 0.29) is 16.6 Å². The number of thiol groups is 1. The Bertz CT molecular complexity index is 411. The lowest BCUT2D eigenvalue weighted by atomic mass is 9.87. The topological polar surface area (TPSA) is 73.8 Å². The summed E-state index contributed by atoms with van der Waals surface area (Å²) in [5, 5.41) is 7.84. The fraction of sp³-hybridized carbons (Fsp3) is 0.667. The molecular weight excluding hydrogens is 212 g/mol. The second-order valence-electron chi connectivity index (χ2n) is 3.90. The van der Waals surface area contributed by atoms with Crippen molar-refractivity contribution in [2.75, 3.05) is 5.84 Å². The molecule has 0 radical (unpaired) electrons. The minimum atomic E-state index is -0.262. The average molecular weight is 226 g/mol. The van der Waals surface area contributed by atoms with Crippen LogP contribution in [0.15, 0.2) is 9.95 Å². The monoisotopic (exact) mass is 226 g/mol. The van der Waals surface area contributed by atoms with Gasteiger partial charge in [0.1, 0.15) is 5.69 Å². The normalized spacial score (nSPS) is 17.9. The van der Waals surface area contributed by atoms with E-state index in [0.717, 1.165) is 30.4 Å². The quantitative estimate of drug-likeness (QED) is 0.546. The van der Waals surface area contributed by atoms with Crippen molar-refractivity contribution in [1.29, 1.82) is 0 Å². The molecule has 0 atom stereocenters. The van der Waals surface area contributed by atoms with E-state index in [1.165, 1.54) is 6.42 Å². The molecule has 0 bridgehead atoms. The molecule has 5 nitrogen and oxygen atoms in total. The molecular formula is C9H14N4OS. The zero-order valence-electron chi connectivity index (χ0n) is 8.39. The predicted molar refractivity (Wildman–Crippen MR) is 59.5 cm³/mol. The smallest absolute Gasteiger partial charge is 0.294 e. The second-order valence-corrected chi connectivity index (χ2v) is 4.30. The van der Waals surface area contributed by atoms with Crippen molar-refractivity contribution in [2.24, 2.45) is 0 Å². The summed E-state index contributed by atoms with van der Waals surface area (Å²) >= 11 is 3.94. The Kier molecular flexibility index (Phi) is 2.95. The maximum atomic E-state index is 11.8. The minimum absolute atomic E-state index is 0.152. The molecule has 1 aromatic rings. The molecule has 1 heterocycles. The van der Waals surface area contributed by atoms with Gasteiger partial charge in [0.25, 0.3) is 5.56 Å². The van der Waals surface area contributed by atoms with Gasteiger partial charge >= 0.3 is 0 Å². The molecule has 1 fully saturated rings. The first kappa shape index (κ1) is 10.5. The van der Waals surface area contributed by atoms with E-state index >= 15 is 0 Å². The van der Waals surface area contributed by atoms with Crippen LogP contribution in [0.1, 0.15) is 43.7 Å². The van der Waals surface area contributed by atoms with E-state index in [2.05, 4.69) is 22.8 Å². The molecule has 0 aliphatic heterocycles. The van der Waals surface area contributed by atoms with E-state index in [4.69, 9.17) is 5.84 Å². The van der Waals surface area contributed by atoms with Crippen molar-refractivity contribution >= 4 is 12.6 Å². The van der Waals surface area contributed by atoms with E-state index in [0.29, 0.717) is 5.69 Å². The van der Waals surface area contributed by atoms with Crippen LogP contribution < -0.4 is 11.4 Å². The van der Waals surface area contributed by atoms with Gasteiger partial charge in [-0.1, -0.05) is 19.3 Å². The highest BCUT2D eigenvalue weighted by Crippen LogP contribution is 2.29. The van der Waals surface area contributed by atoms with Crippen LogP contribution >= 0.6 is 12.6 Å². The molecule has 2 rings (SSSR count). The minimum Gasteiger partial charge on any atom is -0.334 e. The third-order valence-electron chi connectivity index (χ3n) is 2.89. The third-order valence-corrected chi connectivity index (χ3v) is 3.20. The van der Waals surface area contributed by atoms with Gasteiger partial charge in [-0.2, -0.15) is 4.68 Å². The predicted octanol–water partition coefficient (Wildman–Crippen LogP) is 0.689. The van der Waals surface area contributed by atoms with Crippen molar-refractivity contribution in [3.05, 3.63) is 16.0 Å². The highest BCUT2D eigenvalue weighted by molar-refractivity contribution is 7.80. The molecule has 0 amide bonds. The van der Waals surface area contributed by atoms with Crippen LogP contribution in [0, 0.1) is 0 Å². The lowest BCUT2D eigenvalue weighted by Gasteiger charge is -2.20. The summed E-state index contributed by atoms with van der Waals surface area (Å²) in [4.78, 5) is 11.8. The molecule has 1 aliphatic rings. The van der Waals surface area contributed by atoms with Crippen molar-refractivity contribution in [2.45, 2.75) is 43.2 Å². The summed E-state index contributed by atoms with van der Waals surface area (Å²) in [7, 11) is 0. The van der Waals surface area contributed by atoms with Gasteiger partial charge in [0.05, 0.1) is 0 Å². The summed E-state index contributed by atoms with van der Waals surface area (Å²) in [6.07, 6.45) is 5.56. The Hall–Kier alpha value is -1.04. The zero-order chi connectivity index (χ0) is 10.8. The standard InChI is InChI=1S/C9H14N4OS/c10-13-8(14)7(11-12-9(13)15)6-4-2-1-3-5-6/h6H,1-5,10H2,(H,12,15). The van der Waals surface area contributed by atoms with Crippen LogP contribution in [0.5, 0.6) is 0 Å². The number of aromatic nitrogens is 3. The number of nitrogens with two attached hydrogens (primary N) is 1. The van der Waals surface area contributed by atoms with Gasteiger partial charge in [0.2, 0.25) is 5.16 Å². The maximum absolute atomic E-state index is 11.8. The van der Waals surface area contributed by atoms with Crippen molar-refractivity contribution in [1.82, 2.24) is 14.9 Å². The van der Waals surface area contributed by atoms with Gasteiger partial charge in [-0.3, -0.25) is 4.79 Å². The number of nitrogen functional groups attached to an aromatic ring is 1. The Morgan fingerprint density at radius 1 is 1.27 bits per heavy atom. The lowest BCUT2D eigenvalue weighted by molar-refractivity contribution is 0.424. The SMILES string of the molecule is Nn1c(S)nnc(C2CCCCC2)c1=O. The van der Waals surface area contributed by atoms with Gasteiger partial charge in [0, 0.05) is 5.92 Å². The van der Waals surface area contributed by atoms with Gasteiger partial charge in [0.15, 0.2) is 0 Å². The molecule has 2 N–H and O–H groups in total. The first-order valence-electron chi connectivity index (χ1n) is 5.14. The Balaban J connectivity index is 2.35. The third kappa shape index (κ3) is 1.99. The van der Waals surface area contributed by atoms with Gasteiger partial charge in [-0.25, -0.2) is 0 Å².